The summed E-state index contributed by atoms with van der Waals surface area (Å²) in [5, 5.41) is 5.18. The Bertz CT molecular complexity index is 453. The highest BCUT2D eigenvalue weighted by atomic mass is 16.2. The predicted octanol–water partition coefficient (Wildman–Crippen LogP) is 2.19. The molecule has 0 spiro atoms. The van der Waals surface area contributed by atoms with Crippen LogP contribution >= 0.6 is 0 Å². The van der Waals surface area contributed by atoms with Crippen LogP contribution in [0.25, 0.3) is 0 Å². The van der Waals surface area contributed by atoms with Crippen LogP contribution in [0.1, 0.15) is 37.8 Å². The fourth-order valence-corrected chi connectivity index (χ4v) is 1.75. The molecule has 0 unspecified atom stereocenters. The van der Waals surface area contributed by atoms with Crippen LogP contribution in [-0.4, -0.2) is 18.4 Å². The molecule has 0 saturated heterocycles. The standard InChI is InChI=1S/C14H20N2O2/c1-5-15-13(17)14(18)16-12-10(4)7-6-8-11(12)9(2)3/h6-9H,5H2,1-4H3,(H,15,17)(H,16,18). The molecule has 0 aliphatic heterocycles. The van der Waals surface area contributed by atoms with Crippen molar-refractivity contribution in [1.29, 1.82) is 0 Å². The maximum absolute atomic E-state index is 11.7. The van der Waals surface area contributed by atoms with Gasteiger partial charge in [0, 0.05) is 12.2 Å². The Morgan fingerprint density at radius 2 is 1.89 bits per heavy atom. The Hall–Kier alpha value is -1.84. The first kappa shape index (κ1) is 14.2. The third-order valence-corrected chi connectivity index (χ3v) is 2.71. The Morgan fingerprint density at radius 3 is 2.44 bits per heavy atom. The summed E-state index contributed by atoms with van der Waals surface area (Å²) in [4.78, 5) is 23.1. The van der Waals surface area contributed by atoms with E-state index >= 15 is 0 Å². The minimum atomic E-state index is -0.618. The van der Waals surface area contributed by atoms with Crippen molar-refractivity contribution in [2.75, 3.05) is 11.9 Å². The van der Waals surface area contributed by atoms with E-state index in [2.05, 4.69) is 24.5 Å². The monoisotopic (exact) mass is 248 g/mol. The highest BCUT2D eigenvalue weighted by molar-refractivity contribution is 6.39. The lowest BCUT2D eigenvalue weighted by Gasteiger charge is -2.16. The zero-order valence-corrected chi connectivity index (χ0v) is 11.3. The molecule has 1 aromatic carbocycles. The van der Waals surface area contributed by atoms with E-state index in [9.17, 15) is 9.59 Å². The van der Waals surface area contributed by atoms with Gasteiger partial charge in [0.2, 0.25) is 0 Å². The van der Waals surface area contributed by atoms with Crippen LogP contribution in [-0.2, 0) is 9.59 Å². The molecule has 1 rings (SSSR count). The van der Waals surface area contributed by atoms with Crippen LogP contribution in [0.3, 0.4) is 0 Å². The number of anilines is 1. The van der Waals surface area contributed by atoms with Crippen LogP contribution in [0.5, 0.6) is 0 Å². The fraction of sp³-hybridized carbons (Fsp3) is 0.429. The Balaban J connectivity index is 2.96. The van der Waals surface area contributed by atoms with Crippen LogP contribution in [0.4, 0.5) is 5.69 Å². The number of para-hydroxylation sites is 1. The molecule has 1 aromatic rings. The predicted molar refractivity (Wildman–Crippen MR) is 72.6 cm³/mol. The molecule has 0 radical (unpaired) electrons. The first-order valence-electron chi connectivity index (χ1n) is 6.16. The largest absolute Gasteiger partial charge is 0.348 e. The summed E-state index contributed by atoms with van der Waals surface area (Å²) >= 11 is 0. The molecule has 2 amide bonds. The van der Waals surface area contributed by atoms with Crippen molar-refractivity contribution in [3.05, 3.63) is 29.3 Å². The van der Waals surface area contributed by atoms with E-state index in [1.807, 2.05) is 25.1 Å². The van der Waals surface area contributed by atoms with E-state index < -0.39 is 11.8 Å². The van der Waals surface area contributed by atoms with Crippen molar-refractivity contribution in [2.24, 2.45) is 0 Å². The summed E-state index contributed by atoms with van der Waals surface area (Å²) in [6.07, 6.45) is 0. The molecule has 0 aliphatic carbocycles. The van der Waals surface area contributed by atoms with Gasteiger partial charge in [0.15, 0.2) is 0 Å². The number of rotatable bonds is 3. The quantitative estimate of drug-likeness (QED) is 0.806. The second-order valence-electron chi connectivity index (χ2n) is 4.51. The first-order chi connectivity index (χ1) is 8.47. The first-order valence-corrected chi connectivity index (χ1v) is 6.16. The van der Waals surface area contributed by atoms with Gasteiger partial charge >= 0.3 is 11.8 Å². The van der Waals surface area contributed by atoms with Gasteiger partial charge in [-0.05, 0) is 30.9 Å². The molecule has 18 heavy (non-hydrogen) atoms. The molecule has 0 aromatic heterocycles. The summed E-state index contributed by atoms with van der Waals surface area (Å²) in [5.74, 6) is -0.932. The van der Waals surface area contributed by atoms with Crippen molar-refractivity contribution in [2.45, 2.75) is 33.6 Å². The number of hydrogen-bond donors (Lipinski definition) is 2. The van der Waals surface area contributed by atoms with Crippen molar-refractivity contribution in [3.8, 4) is 0 Å². The van der Waals surface area contributed by atoms with Gasteiger partial charge in [-0.25, -0.2) is 0 Å². The van der Waals surface area contributed by atoms with Crippen molar-refractivity contribution < 1.29 is 9.59 Å². The average molecular weight is 248 g/mol. The fourth-order valence-electron chi connectivity index (χ4n) is 1.75. The molecule has 4 nitrogen and oxygen atoms in total. The molecule has 2 N–H and O–H groups in total. The van der Waals surface area contributed by atoms with Crippen LogP contribution in [0.2, 0.25) is 0 Å². The zero-order valence-electron chi connectivity index (χ0n) is 11.3. The molecule has 0 atom stereocenters. The van der Waals surface area contributed by atoms with Crippen LogP contribution in [0, 0.1) is 6.92 Å². The second kappa shape index (κ2) is 6.19. The second-order valence-corrected chi connectivity index (χ2v) is 4.51. The summed E-state index contributed by atoms with van der Waals surface area (Å²) < 4.78 is 0. The molecule has 0 saturated carbocycles. The lowest BCUT2D eigenvalue weighted by Crippen LogP contribution is -2.35. The number of hydrogen-bond acceptors (Lipinski definition) is 2. The summed E-state index contributed by atoms with van der Waals surface area (Å²) in [6.45, 7) is 8.24. The van der Waals surface area contributed by atoms with Crippen LogP contribution in [0.15, 0.2) is 18.2 Å². The van der Waals surface area contributed by atoms with E-state index in [1.54, 1.807) is 6.92 Å². The van der Waals surface area contributed by atoms with Crippen molar-refractivity contribution in [1.82, 2.24) is 5.32 Å². The number of nitrogens with one attached hydrogen (secondary N) is 2. The minimum absolute atomic E-state index is 0.287. The van der Waals surface area contributed by atoms with Gasteiger partial charge in [-0.15, -0.1) is 0 Å². The Kier molecular flexibility index (Phi) is 4.89. The SMILES string of the molecule is CCNC(=O)C(=O)Nc1c(C)cccc1C(C)C. The maximum Gasteiger partial charge on any atom is 0.313 e. The minimum Gasteiger partial charge on any atom is -0.348 e. The number of aryl methyl sites for hydroxylation is 1. The van der Waals surface area contributed by atoms with Gasteiger partial charge in [-0.1, -0.05) is 32.0 Å². The third kappa shape index (κ3) is 3.32. The average Bonchev–Trinajstić information content (AvgIpc) is 2.31. The molecular formula is C14H20N2O2. The topological polar surface area (TPSA) is 58.2 Å². The van der Waals surface area contributed by atoms with E-state index in [0.29, 0.717) is 6.54 Å². The molecule has 0 heterocycles. The highest BCUT2D eigenvalue weighted by Gasteiger charge is 2.16. The van der Waals surface area contributed by atoms with Gasteiger partial charge in [0.25, 0.3) is 0 Å². The van der Waals surface area contributed by atoms with E-state index in [1.165, 1.54) is 0 Å². The highest BCUT2D eigenvalue weighted by Crippen LogP contribution is 2.27. The van der Waals surface area contributed by atoms with Gasteiger partial charge in [0.05, 0.1) is 0 Å². The number of carbonyl (C=O) groups is 2. The molecule has 4 heteroatoms. The molecule has 98 valence electrons. The molecular weight excluding hydrogens is 228 g/mol. The zero-order chi connectivity index (χ0) is 13.7. The lowest BCUT2D eigenvalue weighted by atomic mass is 9.98. The van der Waals surface area contributed by atoms with Gasteiger partial charge < -0.3 is 10.6 Å². The van der Waals surface area contributed by atoms with Gasteiger partial charge in [-0.2, -0.15) is 0 Å². The normalized spacial score (nSPS) is 10.3. The molecule has 0 aliphatic rings. The van der Waals surface area contributed by atoms with Crippen molar-refractivity contribution >= 4 is 17.5 Å². The smallest absolute Gasteiger partial charge is 0.313 e. The maximum atomic E-state index is 11.7. The third-order valence-electron chi connectivity index (χ3n) is 2.71. The van der Waals surface area contributed by atoms with Crippen LogP contribution < -0.4 is 10.6 Å². The number of likely N-dealkylation sites (N-methyl/N-ethyl adjacent to an activating group) is 1. The Morgan fingerprint density at radius 1 is 1.22 bits per heavy atom. The van der Waals surface area contributed by atoms with E-state index in [0.717, 1.165) is 16.8 Å². The summed E-state index contributed by atoms with van der Waals surface area (Å²) in [6, 6.07) is 5.83. The lowest BCUT2D eigenvalue weighted by molar-refractivity contribution is -0.136. The number of carbonyl (C=O) groups excluding carboxylic acids is 2. The number of amides is 2. The summed E-state index contributed by atoms with van der Waals surface area (Å²) in [7, 11) is 0. The van der Waals surface area contributed by atoms with Crippen molar-refractivity contribution in [3.63, 3.8) is 0 Å². The summed E-state index contributed by atoms with van der Waals surface area (Å²) in [5.41, 5.74) is 2.73. The number of benzene rings is 1. The Labute approximate surface area is 108 Å². The van der Waals surface area contributed by atoms with E-state index in [4.69, 9.17) is 0 Å². The van der Waals surface area contributed by atoms with E-state index in [-0.39, 0.29) is 5.92 Å². The molecule has 0 fully saturated rings. The molecule has 0 bridgehead atoms. The van der Waals surface area contributed by atoms with Gasteiger partial charge in [0.1, 0.15) is 0 Å². The van der Waals surface area contributed by atoms with Gasteiger partial charge in [-0.3, -0.25) is 9.59 Å².